The molecule has 1 aromatic rings. The first-order chi connectivity index (χ1) is 8.81. The summed E-state index contributed by atoms with van der Waals surface area (Å²) in [6.45, 7) is 7.56. The Morgan fingerprint density at radius 2 is 2.05 bits per heavy atom. The van der Waals surface area contributed by atoms with Gasteiger partial charge in [-0.2, -0.15) is 0 Å². The fourth-order valence-corrected chi connectivity index (χ4v) is 1.39. The minimum Gasteiger partial charge on any atom is -0.491 e. The third-order valence-corrected chi connectivity index (χ3v) is 2.07. The van der Waals surface area contributed by atoms with Gasteiger partial charge < -0.3 is 9.47 Å². The molecule has 1 aromatic carbocycles. The lowest BCUT2D eigenvalue weighted by atomic mass is 10.2. The Morgan fingerprint density at radius 3 is 2.58 bits per heavy atom. The first kappa shape index (κ1) is 15.2. The van der Waals surface area contributed by atoms with Crippen LogP contribution in [0.1, 0.15) is 33.3 Å². The maximum atomic E-state index is 13.6. The van der Waals surface area contributed by atoms with Crippen molar-refractivity contribution in [3.63, 3.8) is 0 Å². The Balaban J connectivity index is 2.72. The number of hydrogen-bond acceptors (Lipinski definition) is 3. The number of carbonyl (C=O) groups is 1. The van der Waals surface area contributed by atoms with Gasteiger partial charge in [0.05, 0.1) is 6.61 Å². The standard InChI is InChI=1S/C15H19FO3/c1-5-18-13-8-6-11(10-12(13)16)7-9-14(17)19-15(2,3)4/h6-10H,5H2,1-4H3/b9-7+. The first-order valence-electron chi connectivity index (χ1n) is 6.15. The number of carbonyl (C=O) groups excluding carboxylic acids is 1. The quantitative estimate of drug-likeness (QED) is 0.617. The molecule has 0 fully saturated rings. The van der Waals surface area contributed by atoms with Crippen LogP contribution < -0.4 is 4.74 Å². The second-order valence-electron chi connectivity index (χ2n) is 4.99. The molecule has 0 unspecified atom stereocenters. The van der Waals surface area contributed by atoms with Gasteiger partial charge in [0.15, 0.2) is 11.6 Å². The van der Waals surface area contributed by atoms with E-state index < -0.39 is 17.4 Å². The molecule has 104 valence electrons. The van der Waals surface area contributed by atoms with Gasteiger partial charge in [0.1, 0.15) is 5.60 Å². The van der Waals surface area contributed by atoms with Gasteiger partial charge in [-0.25, -0.2) is 9.18 Å². The van der Waals surface area contributed by atoms with Crippen molar-refractivity contribution in [3.05, 3.63) is 35.7 Å². The number of esters is 1. The zero-order valence-electron chi connectivity index (χ0n) is 11.7. The number of rotatable bonds is 4. The summed E-state index contributed by atoms with van der Waals surface area (Å²) in [5.74, 6) is -0.702. The van der Waals surface area contributed by atoms with Crippen LogP contribution in [0.5, 0.6) is 5.75 Å². The predicted molar refractivity (Wildman–Crippen MR) is 72.4 cm³/mol. The van der Waals surface area contributed by atoms with Gasteiger partial charge in [0.2, 0.25) is 0 Å². The molecule has 1 rings (SSSR count). The molecular formula is C15H19FO3. The van der Waals surface area contributed by atoms with Crippen LogP contribution in [0.25, 0.3) is 6.08 Å². The van der Waals surface area contributed by atoms with E-state index in [-0.39, 0.29) is 5.75 Å². The molecule has 0 atom stereocenters. The fourth-order valence-electron chi connectivity index (χ4n) is 1.39. The highest BCUT2D eigenvalue weighted by molar-refractivity contribution is 5.87. The van der Waals surface area contributed by atoms with Crippen molar-refractivity contribution < 1.29 is 18.7 Å². The average Bonchev–Trinajstić information content (AvgIpc) is 2.27. The minimum absolute atomic E-state index is 0.205. The largest absolute Gasteiger partial charge is 0.491 e. The molecule has 0 saturated heterocycles. The van der Waals surface area contributed by atoms with Gasteiger partial charge in [-0.1, -0.05) is 6.07 Å². The molecule has 0 aliphatic rings. The lowest BCUT2D eigenvalue weighted by Crippen LogP contribution is -2.22. The fraction of sp³-hybridized carbons (Fsp3) is 0.400. The molecule has 0 aromatic heterocycles. The van der Waals surface area contributed by atoms with Crippen molar-refractivity contribution in [1.29, 1.82) is 0 Å². The lowest BCUT2D eigenvalue weighted by Gasteiger charge is -2.17. The summed E-state index contributed by atoms with van der Waals surface area (Å²) in [6, 6.07) is 4.52. The normalized spacial score (nSPS) is 11.6. The molecule has 0 heterocycles. The monoisotopic (exact) mass is 266 g/mol. The first-order valence-corrected chi connectivity index (χ1v) is 6.15. The summed E-state index contributed by atoms with van der Waals surface area (Å²) in [5, 5.41) is 0. The summed E-state index contributed by atoms with van der Waals surface area (Å²) in [5.41, 5.74) is 0.0395. The summed E-state index contributed by atoms with van der Waals surface area (Å²) >= 11 is 0. The van der Waals surface area contributed by atoms with Crippen LogP contribution >= 0.6 is 0 Å². The molecule has 0 radical (unpaired) electrons. The van der Waals surface area contributed by atoms with E-state index in [1.54, 1.807) is 33.8 Å². The van der Waals surface area contributed by atoms with Gasteiger partial charge >= 0.3 is 5.97 Å². The topological polar surface area (TPSA) is 35.5 Å². The van der Waals surface area contributed by atoms with Crippen LogP contribution in [0.4, 0.5) is 4.39 Å². The van der Waals surface area contributed by atoms with E-state index in [1.807, 2.05) is 0 Å². The van der Waals surface area contributed by atoms with Crippen molar-refractivity contribution in [2.45, 2.75) is 33.3 Å². The smallest absolute Gasteiger partial charge is 0.331 e. The number of ether oxygens (including phenoxy) is 2. The van der Waals surface area contributed by atoms with Gasteiger partial charge in [-0.15, -0.1) is 0 Å². The number of halogens is 1. The molecule has 0 bridgehead atoms. The van der Waals surface area contributed by atoms with Crippen molar-refractivity contribution >= 4 is 12.0 Å². The minimum atomic E-state index is -0.536. The average molecular weight is 266 g/mol. The highest BCUT2D eigenvalue weighted by atomic mass is 19.1. The van der Waals surface area contributed by atoms with Crippen LogP contribution in [0.2, 0.25) is 0 Å². The van der Waals surface area contributed by atoms with E-state index in [1.165, 1.54) is 24.3 Å². The summed E-state index contributed by atoms with van der Waals surface area (Å²) in [6.07, 6.45) is 2.78. The molecule has 3 nitrogen and oxygen atoms in total. The Morgan fingerprint density at radius 1 is 1.37 bits per heavy atom. The highest BCUT2D eigenvalue weighted by Gasteiger charge is 2.13. The predicted octanol–water partition coefficient (Wildman–Crippen LogP) is 3.58. The van der Waals surface area contributed by atoms with Crippen LogP contribution in [0, 0.1) is 5.82 Å². The van der Waals surface area contributed by atoms with Crippen molar-refractivity contribution in [2.24, 2.45) is 0 Å². The molecule has 0 N–H and O–H groups in total. The lowest BCUT2D eigenvalue weighted by molar-refractivity contribution is -0.148. The Kier molecular flexibility index (Phi) is 5.10. The van der Waals surface area contributed by atoms with Crippen LogP contribution in [-0.4, -0.2) is 18.2 Å². The van der Waals surface area contributed by atoms with Crippen LogP contribution in [-0.2, 0) is 9.53 Å². The highest BCUT2D eigenvalue weighted by Crippen LogP contribution is 2.19. The Bertz CT molecular complexity index is 473. The zero-order chi connectivity index (χ0) is 14.5. The molecule has 0 saturated carbocycles. The van der Waals surface area contributed by atoms with E-state index >= 15 is 0 Å². The molecule has 0 amide bonds. The van der Waals surface area contributed by atoms with Gasteiger partial charge in [0.25, 0.3) is 0 Å². The molecule has 0 spiro atoms. The SMILES string of the molecule is CCOc1ccc(/C=C/C(=O)OC(C)(C)C)cc1F. The van der Waals surface area contributed by atoms with E-state index in [0.29, 0.717) is 12.2 Å². The number of hydrogen-bond donors (Lipinski definition) is 0. The van der Waals surface area contributed by atoms with E-state index in [9.17, 15) is 9.18 Å². The summed E-state index contributed by atoms with van der Waals surface area (Å²) in [7, 11) is 0. The maximum Gasteiger partial charge on any atom is 0.331 e. The van der Waals surface area contributed by atoms with Crippen LogP contribution in [0.15, 0.2) is 24.3 Å². The van der Waals surface area contributed by atoms with Crippen LogP contribution in [0.3, 0.4) is 0 Å². The summed E-state index contributed by atoms with van der Waals surface area (Å²) < 4.78 is 23.8. The van der Waals surface area contributed by atoms with E-state index in [2.05, 4.69) is 0 Å². The Labute approximate surface area is 113 Å². The van der Waals surface area contributed by atoms with Gasteiger partial charge in [-0.05, 0) is 51.5 Å². The number of benzene rings is 1. The van der Waals surface area contributed by atoms with Crippen molar-refractivity contribution in [3.8, 4) is 5.75 Å². The molecule has 0 aliphatic carbocycles. The zero-order valence-corrected chi connectivity index (χ0v) is 11.7. The second kappa shape index (κ2) is 6.36. The van der Waals surface area contributed by atoms with Gasteiger partial charge in [0, 0.05) is 6.08 Å². The molecule has 4 heteroatoms. The summed E-state index contributed by atoms with van der Waals surface area (Å²) in [4.78, 5) is 11.5. The van der Waals surface area contributed by atoms with Crippen molar-refractivity contribution in [1.82, 2.24) is 0 Å². The van der Waals surface area contributed by atoms with Crippen molar-refractivity contribution in [2.75, 3.05) is 6.61 Å². The third-order valence-electron chi connectivity index (χ3n) is 2.07. The second-order valence-corrected chi connectivity index (χ2v) is 4.99. The molecular weight excluding hydrogens is 247 g/mol. The third kappa shape index (κ3) is 5.55. The molecule has 19 heavy (non-hydrogen) atoms. The van der Waals surface area contributed by atoms with Gasteiger partial charge in [-0.3, -0.25) is 0 Å². The maximum absolute atomic E-state index is 13.6. The van der Waals surface area contributed by atoms with E-state index in [4.69, 9.17) is 9.47 Å². The Hall–Kier alpha value is -1.84. The van der Waals surface area contributed by atoms with E-state index in [0.717, 1.165) is 0 Å². The molecule has 0 aliphatic heterocycles.